The number of nitrogens with zero attached hydrogens (tertiary/aromatic N) is 4. The quantitative estimate of drug-likeness (QED) is 0.177. The highest BCUT2D eigenvalue weighted by molar-refractivity contribution is 6.02. The van der Waals surface area contributed by atoms with Gasteiger partial charge in [0.25, 0.3) is 0 Å². The largest absolute Gasteiger partial charge is 0.460 e. The standard InChI is InChI=1S/C58H38N4O/c1-35-13-11-21-45-47-30-51-46(31-55(47)63-56(35)45)43-20-8-10-23-49(43)58(51)48-22-9-7-19-42(48)40-17-5-6-18-41(40)44-26-24-37(29-50(44)58)54-32-53(36-14-3-2-4-15-36)61-57(62-54)39-25-27-52(60-34-39)38-16-12-28-59-33-38/h2-12,14-35H,13H2,1H3. The molecule has 296 valence electrons. The smallest absolute Gasteiger partial charge is 0.161 e. The second-order valence-corrected chi connectivity index (χ2v) is 17.0. The number of fused-ring (bicyclic) bond motifs is 15. The van der Waals surface area contributed by atoms with E-state index in [4.69, 9.17) is 19.4 Å². The topological polar surface area (TPSA) is 64.7 Å². The van der Waals surface area contributed by atoms with Crippen molar-refractivity contribution < 1.29 is 4.42 Å². The van der Waals surface area contributed by atoms with Gasteiger partial charge in [-0.3, -0.25) is 9.97 Å². The third-order valence-electron chi connectivity index (χ3n) is 13.5. The number of pyridine rings is 2. The highest BCUT2D eigenvalue weighted by Gasteiger charge is 2.50. The molecule has 2 atom stereocenters. The fraction of sp³-hybridized carbons (Fsp3) is 0.0690. The summed E-state index contributed by atoms with van der Waals surface area (Å²) in [5.74, 6) is 2.01. The van der Waals surface area contributed by atoms with E-state index in [0.29, 0.717) is 11.7 Å². The maximum Gasteiger partial charge on any atom is 0.161 e. The van der Waals surface area contributed by atoms with Gasteiger partial charge in [0.2, 0.25) is 0 Å². The molecular formula is C58H38N4O. The van der Waals surface area contributed by atoms with Crippen LogP contribution in [0.5, 0.6) is 0 Å². The SMILES string of the molecule is CC1CC=Cc2c1oc1cc3c(cc21)C1(c2ccccc2-c2ccccc2-c2ccc(-c4cc(-c5ccccc5)nc(-c5ccc(-c6cccnc6)nc5)n4)cc21)c1ccccc1-3. The van der Waals surface area contributed by atoms with Crippen molar-refractivity contribution in [2.75, 3.05) is 0 Å². The third-order valence-corrected chi connectivity index (χ3v) is 13.5. The van der Waals surface area contributed by atoms with Crippen LogP contribution in [0.25, 0.3) is 95.6 Å². The number of furan rings is 1. The minimum absolute atomic E-state index is 0.318. The van der Waals surface area contributed by atoms with Gasteiger partial charge >= 0.3 is 0 Å². The van der Waals surface area contributed by atoms with Crippen molar-refractivity contribution in [3.05, 3.63) is 222 Å². The van der Waals surface area contributed by atoms with Gasteiger partial charge in [0.1, 0.15) is 11.3 Å². The van der Waals surface area contributed by atoms with Crippen LogP contribution in [0.15, 0.2) is 193 Å². The highest BCUT2D eigenvalue weighted by Crippen LogP contribution is 2.62. The second-order valence-electron chi connectivity index (χ2n) is 17.0. The minimum Gasteiger partial charge on any atom is -0.460 e. The lowest BCUT2D eigenvalue weighted by atomic mass is 9.65. The van der Waals surface area contributed by atoms with Crippen LogP contribution in [0, 0.1) is 0 Å². The van der Waals surface area contributed by atoms with E-state index in [1.807, 2.05) is 36.7 Å². The van der Waals surface area contributed by atoms with Crippen LogP contribution < -0.4 is 0 Å². The van der Waals surface area contributed by atoms with E-state index >= 15 is 0 Å². The maximum atomic E-state index is 6.76. The highest BCUT2D eigenvalue weighted by atomic mass is 16.3. The molecule has 0 N–H and O–H groups in total. The van der Waals surface area contributed by atoms with Gasteiger partial charge in [-0.25, -0.2) is 9.97 Å². The van der Waals surface area contributed by atoms with Crippen LogP contribution in [-0.4, -0.2) is 19.9 Å². The van der Waals surface area contributed by atoms with Crippen molar-refractivity contribution in [3.63, 3.8) is 0 Å². The number of benzene rings is 6. The zero-order valence-corrected chi connectivity index (χ0v) is 34.5. The first kappa shape index (κ1) is 35.7. The number of allylic oxidation sites excluding steroid dienone is 1. The van der Waals surface area contributed by atoms with Gasteiger partial charge in [0.05, 0.1) is 22.5 Å². The summed E-state index contributed by atoms with van der Waals surface area (Å²) in [5, 5.41) is 1.16. The Hall–Kier alpha value is -8.02. The molecule has 10 aromatic rings. The van der Waals surface area contributed by atoms with E-state index in [2.05, 4.69) is 164 Å². The molecule has 1 spiro atoms. The van der Waals surface area contributed by atoms with Crippen LogP contribution in [0.1, 0.15) is 52.8 Å². The van der Waals surface area contributed by atoms with Crippen LogP contribution >= 0.6 is 0 Å². The molecule has 3 aliphatic rings. The lowest BCUT2D eigenvalue weighted by Crippen LogP contribution is -2.29. The summed E-state index contributed by atoms with van der Waals surface area (Å²) >= 11 is 0. The Bertz CT molecular complexity index is 3500. The predicted octanol–water partition coefficient (Wildman–Crippen LogP) is 14.2. The van der Waals surface area contributed by atoms with E-state index in [1.165, 1.54) is 61.2 Å². The number of rotatable bonds is 4. The number of hydrogen-bond acceptors (Lipinski definition) is 5. The molecule has 0 radical (unpaired) electrons. The van der Waals surface area contributed by atoms with Crippen molar-refractivity contribution >= 4 is 17.0 Å². The Balaban J connectivity index is 1.10. The van der Waals surface area contributed by atoms with Gasteiger partial charge in [-0.05, 0) is 111 Å². The first-order chi connectivity index (χ1) is 31.1. The van der Waals surface area contributed by atoms with E-state index in [1.54, 1.807) is 6.20 Å². The van der Waals surface area contributed by atoms with Gasteiger partial charge in [-0.1, -0.05) is 134 Å². The van der Waals surface area contributed by atoms with Gasteiger partial charge in [-0.2, -0.15) is 0 Å². The molecule has 6 aromatic carbocycles. The van der Waals surface area contributed by atoms with Gasteiger partial charge < -0.3 is 4.42 Å². The van der Waals surface area contributed by atoms with Gasteiger partial charge in [0, 0.05) is 57.7 Å². The molecule has 4 aromatic heterocycles. The summed E-state index contributed by atoms with van der Waals surface area (Å²) in [5.41, 5.74) is 20.1. The first-order valence-electron chi connectivity index (χ1n) is 21.7. The summed E-state index contributed by atoms with van der Waals surface area (Å²) < 4.78 is 6.76. The number of aromatic nitrogens is 4. The van der Waals surface area contributed by atoms with Crippen molar-refractivity contribution in [1.82, 2.24) is 19.9 Å². The van der Waals surface area contributed by atoms with Crippen molar-refractivity contribution in [3.8, 4) is 78.5 Å². The summed E-state index contributed by atoms with van der Waals surface area (Å²) in [6.07, 6.45) is 11.0. The molecule has 0 saturated carbocycles. The van der Waals surface area contributed by atoms with Crippen molar-refractivity contribution in [1.29, 1.82) is 0 Å². The zero-order chi connectivity index (χ0) is 41.6. The zero-order valence-electron chi connectivity index (χ0n) is 34.5. The Labute approximate surface area is 365 Å². The van der Waals surface area contributed by atoms with Crippen LogP contribution in [-0.2, 0) is 5.41 Å². The maximum absolute atomic E-state index is 6.76. The Morgan fingerprint density at radius 3 is 1.89 bits per heavy atom. The molecule has 2 unspecified atom stereocenters. The Kier molecular flexibility index (Phi) is 7.79. The first-order valence-corrected chi connectivity index (χ1v) is 21.7. The molecule has 0 fully saturated rings. The molecule has 5 heteroatoms. The minimum atomic E-state index is -0.681. The third kappa shape index (κ3) is 5.29. The summed E-state index contributed by atoms with van der Waals surface area (Å²) in [6.45, 7) is 2.27. The van der Waals surface area contributed by atoms with Crippen LogP contribution in [0.2, 0.25) is 0 Å². The van der Waals surface area contributed by atoms with Gasteiger partial charge in [0.15, 0.2) is 5.82 Å². The molecule has 0 aliphatic heterocycles. The molecule has 0 bridgehead atoms. The average molecular weight is 807 g/mol. The summed E-state index contributed by atoms with van der Waals surface area (Å²) in [4.78, 5) is 19.7. The molecule has 4 heterocycles. The van der Waals surface area contributed by atoms with E-state index in [-0.39, 0.29) is 0 Å². The van der Waals surface area contributed by atoms with E-state index < -0.39 is 5.41 Å². The molecule has 63 heavy (non-hydrogen) atoms. The fourth-order valence-electron chi connectivity index (χ4n) is 10.6. The summed E-state index contributed by atoms with van der Waals surface area (Å²) in [6, 6.07) is 59.2. The molecule has 3 aliphatic carbocycles. The Morgan fingerprint density at radius 2 is 1.16 bits per heavy atom. The molecule has 0 saturated heterocycles. The molecular weight excluding hydrogens is 769 g/mol. The van der Waals surface area contributed by atoms with E-state index in [0.717, 1.165) is 62.5 Å². The predicted molar refractivity (Wildman–Crippen MR) is 253 cm³/mol. The van der Waals surface area contributed by atoms with Crippen LogP contribution in [0.3, 0.4) is 0 Å². The molecule has 5 nitrogen and oxygen atoms in total. The summed E-state index contributed by atoms with van der Waals surface area (Å²) in [7, 11) is 0. The molecule has 0 amide bonds. The van der Waals surface area contributed by atoms with Crippen molar-refractivity contribution in [2.45, 2.75) is 24.7 Å². The lowest BCUT2D eigenvalue weighted by Gasteiger charge is -2.35. The molecule has 13 rings (SSSR count). The lowest BCUT2D eigenvalue weighted by molar-refractivity contribution is 0.504. The van der Waals surface area contributed by atoms with E-state index in [9.17, 15) is 0 Å². The number of hydrogen-bond donors (Lipinski definition) is 0. The fourth-order valence-corrected chi connectivity index (χ4v) is 10.6. The monoisotopic (exact) mass is 806 g/mol. The normalized spacial score (nSPS) is 16.4. The average Bonchev–Trinajstić information content (AvgIpc) is 3.84. The van der Waals surface area contributed by atoms with Gasteiger partial charge in [-0.15, -0.1) is 0 Å². The van der Waals surface area contributed by atoms with Crippen LogP contribution in [0.4, 0.5) is 0 Å². The Morgan fingerprint density at radius 1 is 0.508 bits per heavy atom. The van der Waals surface area contributed by atoms with Crippen molar-refractivity contribution in [2.24, 2.45) is 0 Å². The second kappa shape index (κ2) is 13.7.